The molecule has 6 nitrogen and oxygen atoms in total. The summed E-state index contributed by atoms with van der Waals surface area (Å²) in [5, 5.41) is 14.0. The van der Waals surface area contributed by atoms with Gasteiger partial charge in [0.15, 0.2) is 5.75 Å². The Labute approximate surface area is 150 Å². The minimum atomic E-state index is -0.576. The van der Waals surface area contributed by atoms with Crippen LogP contribution in [0.1, 0.15) is 10.4 Å². The molecule has 0 saturated carbocycles. The zero-order valence-corrected chi connectivity index (χ0v) is 14.0. The van der Waals surface area contributed by atoms with Gasteiger partial charge in [-0.15, -0.1) is 0 Å². The number of amides is 1. The van der Waals surface area contributed by atoms with E-state index in [-0.39, 0.29) is 17.0 Å². The van der Waals surface area contributed by atoms with Gasteiger partial charge in [-0.2, -0.15) is 0 Å². The first-order chi connectivity index (χ1) is 12.6. The maximum atomic E-state index is 12.6. The van der Waals surface area contributed by atoms with E-state index in [2.05, 4.69) is 5.32 Å². The van der Waals surface area contributed by atoms with Crippen molar-refractivity contribution in [2.24, 2.45) is 0 Å². The number of ether oxygens (including phenoxy) is 1. The topological polar surface area (TPSA) is 81.5 Å². The molecule has 3 aromatic carbocycles. The van der Waals surface area contributed by atoms with Crippen molar-refractivity contribution < 1.29 is 14.5 Å². The maximum absolute atomic E-state index is 12.6. The van der Waals surface area contributed by atoms with Crippen LogP contribution in [0.3, 0.4) is 0 Å². The second-order valence-electron chi connectivity index (χ2n) is 5.51. The molecule has 3 rings (SSSR count). The van der Waals surface area contributed by atoms with Gasteiger partial charge in [-0.25, -0.2) is 0 Å². The minimum Gasteiger partial charge on any atom is -0.490 e. The van der Waals surface area contributed by atoms with Crippen molar-refractivity contribution in [2.75, 3.05) is 12.4 Å². The first-order valence-electron chi connectivity index (χ1n) is 7.88. The number of methoxy groups -OCH3 is 1. The van der Waals surface area contributed by atoms with Crippen LogP contribution < -0.4 is 10.1 Å². The van der Waals surface area contributed by atoms with Crippen LogP contribution >= 0.6 is 0 Å². The van der Waals surface area contributed by atoms with Crippen LogP contribution in [0.5, 0.6) is 5.75 Å². The number of carbonyl (C=O) groups is 1. The van der Waals surface area contributed by atoms with Gasteiger partial charge in [-0.05, 0) is 23.8 Å². The van der Waals surface area contributed by atoms with Crippen molar-refractivity contribution in [3.05, 3.63) is 88.5 Å². The van der Waals surface area contributed by atoms with Gasteiger partial charge in [0.05, 0.1) is 12.0 Å². The van der Waals surface area contributed by atoms with Crippen molar-refractivity contribution in [3.63, 3.8) is 0 Å². The van der Waals surface area contributed by atoms with Gasteiger partial charge >= 0.3 is 5.69 Å². The molecule has 130 valence electrons. The van der Waals surface area contributed by atoms with Crippen LogP contribution in [0.2, 0.25) is 0 Å². The quantitative estimate of drug-likeness (QED) is 0.543. The molecule has 0 atom stereocenters. The van der Waals surface area contributed by atoms with Gasteiger partial charge in [-0.1, -0.05) is 48.5 Å². The number of nitro benzene ring substituents is 1. The van der Waals surface area contributed by atoms with E-state index in [1.165, 1.54) is 25.3 Å². The first-order valence-corrected chi connectivity index (χ1v) is 7.88. The van der Waals surface area contributed by atoms with Gasteiger partial charge in [0.1, 0.15) is 0 Å². The molecule has 0 aliphatic heterocycles. The minimum absolute atomic E-state index is 0.108. The van der Waals surface area contributed by atoms with Gasteiger partial charge in [0.25, 0.3) is 5.91 Å². The molecule has 6 heteroatoms. The summed E-state index contributed by atoms with van der Waals surface area (Å²) in [5.74, 6) is -0.324. The van der Waals surface area contributed by atoms with Crippen LogP contribution in [0.25, 0.3) is 11.1 Å². The van der Waals surface area contributed by atoms with E-state index < -0.39 is 10.8 Å². The number of nitrogens with one attached hydrogen (secondary N) is 1. The number of benzene rings is 3. The Balaban J connectivity index is 1.92. The third kappa shape index (κ3) is 3.54. The Kier molecular flexibility index (Phi) is 4.94. The molecular formula is C20H16N2O4. The SMILES string of the molecule is COc1ccc(C(=O)Nc2ccccc2-c2ccccc2)cc1[N+](=O)[O-]. The standard InChI is InChI=1S/C20H16N2O4/c1-26-19-12-11-15(13-18(19)22(24)25)20(23)21-17-10-6-5-9-16(17)14-7-3-2-4-8-14/h2-13H,1H3,(H,21,23). The number of anilines is 1. The molecular weight excluding hydrogens is 332 g/mol. The third-order valence-corrected chi connectivity index (χ3v) is 3.90. The molecule has 3 aromatic rings. The molecule has 26 heavy (non-hydrogen) atoms. The van der Waals surface area contributed by atoms with Crippen LogP contribution in [-0.4, -0.2) is 17.9 Å². The summed E-state index contributed by atoms with van der Waals surface area (Å²) in [6.45, 7) is 0. The van der Waals surface area contributed by atoms with Crippen LogP contribution in [0, 0.1) is 10.1 Å². The maximum Gasteiger partial charge on any atom is 0.311 e. The van der Waals surface area contributed by atoms with E-state index in [9.17, 15) is 14.9 Å². The second-order valence-corrected chi connectivity index (χ2v) is 5.51. The van der Waals surface area contributed by atoms with E-state index in [1.807, 2.05) is 48.5 Å². The average molecular weight is 348 g/mol. The molecule has 0 unspecified atom stereocenters. The van der Waals surface area contributed by atoms with Crippen LogP contribution in [-0.2, 0) is 0 Å². The van der Waals surface area contributed by atoms with Crippen LogP contribution in [0.4, 0.5) is 11.4 Å². The van der Waals surface area contributed by atoms with Gasteiger partial charge < -0.3 is 10.1 Å². The summed E-state index contributed by atoms with van der Waals surface area (Å²) in [7, 11) is 1.35. The number of hydrogen-bond acceptors (Lipinski definition) is 4. The summed E-state index contributed by atoms with van der Waals surface area (Å²) in [6, 6.07) is 21.2. The summed E-state index contributed by atoms with van der Waals surface area (Å²) in [4.78, 5) is 23.2. The molecule has 0 saturated heterocycles. The molecule has 0 aliphatic rings. The lowest BCUT2D eigenvalue weighted by Gasteiger charge is -2.11. The van der Waals surface area contributed by atoms with E-state index in [4.69, 9.17) is 4.74 Å². The number of rotatable bonds is 5. The smallest absolute Gasteiger partial charge is 0.311 e. The zero-order valence-electron chi connectivity index (χ0n) is 14.0. The summed E-state index contributed by atoms with van der Waals surface area (Å²) in [5.41, 5.74) is 2.38. The number of carbonyl (C=O) groups excluding carboxylic acids is 1. The zero-order chi connectivity index (χ0) is 18.5. The summed E-state index contributed by atoms with van der Waals surface area (Å²) in [6.07, 6.45) is 0. The lowest BCUT2D eigenvalue weighted by molar-refractivity contribution is -0.385. The predicted octanol–water partition coefficient (Wildman–Crippen LogP) is 4.52. The third-order valence-electron chi connectivity index (χ3n) is 3.90. The largest absolute Gasteiger partial charge is 0.490 e. The van der Waals surface area contributed by atoms with E-state index in [0.717, 1.165) is 11.1 Å². The fourth-order valence-corrected chi connectivity index (χ4v) is 2.63. The summed E-state index contributed by atoms with van der Waals surface area (Å²) < 4.78 is 4.96. The molecule has 1 amide bonds. The first kappa shape index (κ1) is 17.2. The molecule has 1 N–H and O–H groups in total. The molecule has 0 radical (unpaired) electrons. The number of hydrogen-bond donors (Lipinski definition) is 1. The number of nitro groups is 1. The predicted molar refractivity (Wildman–Crippen MR) is 99.5 cm³/mol. The van der Waals surface area contributed by atoms with Gasteiger partial charge in [0, 0.05) is 22.9 Å². The fourth-order valence-electron chi connectivity index (χ4n) is 2.63. The van der Waals surface area contributed by atoms with E-state index in [1.54, 1.807) is 6.07 Å². The van der Waals surface area contributed by atoms with Gasteiger partial charge in [0.2, 0.25) is 0 Å². The van der Waals surface area contributed by atoms with E-state index in [0.29, 0.717) is 5.69 Å². The van der Waals surface area contributed by atoms with Crippen molar-refractivity contribution in [2.45, 2.75) is 0 Å². The van der Waals surface area contributed by atoms with Crippen molar-refractivity contribution in [3.8, 4) is 16.9 Å². The lowest BCUT2D eigenvalue weighted by Crippen LogP contribution is -2.13. The molecule has 0 aliphatic carbocycles. The second kappa shape index (κ2) is 7.48. The lowest BCUT2D eigenvalue weighted by atomic mass is 10.0. The summed E-state index contributed by atoms with van der Waals surface area (Å²) >= 11 is 0. The van der Waals surface area contributed by atoms with Gasteiger partial charge in [-0.3, -0.25) is 14.9 Å². The average Bonchev–Trinajstić information content (AvgIpc) is 2.68. The monoisotopic (exact) mass is 348 g/mol. The molecule has 0 bridgehead atoms. The van der Waals surface area contributed by atoms with E-state index >= 15 is 0 Å². The Bertz CT molecular complexity index is 955. The Hall–Kier alpha value is -3.67. The fraction of sp³-hybridized carbons (Fsp3) is 0.0500. The Morgan fingerprint density at radius 1 is 1.00 bits per heavy atom. The molecule has 0 spiro atoms. The molecule has 0 aromatic heterocycles. The highest BCUT2D eigenvalue weighted by Crippen LogP contribution is 2.30. The highest BCUT2D eigenvalue weighted by atomic mass is 16.6. The normalized spacial score (nSPS) is 10.2. The highest BCUT2D eigenvalue weighted by molar-refractivity contribution is 6.06. The highest BCUT2D eigenvalue weighted by Gasteiger charge is 2.18. The number of para-hydroxylation sites is 1. The molecule has 0 fully saturated rings. The number of nitrogens with zero attached hydrogens (tertiary/aromatic N) is 1. The van der Waals surface area contributed by atoms with Crippen molar-refractivity contribution in [1.29, 1.82) is 0 Å². The van der Waals surface area contributed by atoms with Crippen molar-refractivity contribution >= 4 is 17.3 Å². The van der Waals surface area contributed by atoms with Crippen LogP contribution in [0.15, 0.2) is 72.8 Å². The molecule has 0 heterocycles. The Morgan fingerprint density at radius 3 is 2.38 bits per heavy atom. The Morgan fingerprint density at radius 2 is 1.69 bits per heavy atom. The van der Waals surface area contributed by atoms with Crippen molar-refractivity contribution in [1.82, 2.24) is 0 Å².